The zero-order valence-corrected chi connectivity index (χ0v) is 8.33. The maximum atomic E-state index is 9.62. The van der Waals surface area contributed by atoms with Crippen molar-refractivity contribution in [1.82, 2.24) is 0 Å². The van der Waals surface area contributed by atoms with Crippen LogP contribution in [0.4, 0.5) is 0 Å². The van der Waals surface area contributed by atoms with E-state index in [0.717, 1.165) is 12.8 Å². The van der Waals surface area contributed by atoms with Gasteiger partial charge in [0.05, 0.1) is 6.10 Å². The SMILES string of the molecule is CC(C)[C@H]1CC(C)[C@H](O)[C@@H](N)C1. The van der Waals surface area contributed by atoms with Gasteiger partial charge in [-0.2, -0.15) is 0 Å². The van der Waals surface area contributed by atoms with Crippen molar-refractivity contribution in [3.05, 3.63) is 0 Å². The Hall–Kier alpha value is -0.0800. The zero-order valence-electron chi connectivity index (χ0n) is 8.33. The molecule has 0 aromatic carbocycles. The molecule has 0 saturated heterocycles. The molecule has 0 aliphatic heterocycles. The highest BCUT2D eigenvalue weighted by molar-refractivity contribution is 4.87. The van der Waals surface area contributed by atoms with Gasteiger partial charge in [0.2, 0.25) is 0 Å². The van der Waals surface area contributed by atoms with Crippen molar-refractivity contribution in [2.24, 2.45) is 23.5 Å². The van der Waals surface area contributed by atoms with Crippen molar-refractivity contribution in [3.8, 4) is 0 Å². The summed E-state index contributed by atoms with van der Waals surface area (Å²) in [5, 5.41) is 9.62. The van der Waals surface area contributed by atoms with Gasteiger partial charge in [0.25, 0.3) is 0 Å². The Morgan fingerprint density at radius 3 is 2.33 bits per heavy atom. The molecule has 1 fully saturated rings. The summed E-state index contributed by atoms with van der Waals surface area (Å²) < 4.78 is 0. The number of aliphatic hydroxyl groups is 1. The van der Waals surface area contributed by atoms with Gasteiger partial charge in [0.1, 0.15) is 0 Å². The Balaban J connectivity index is 2.53. The standard InChI is InChI=1S/C10H21NO/c1-6(2)8-4-7(3)10(12)9(11)5-8/h6-10,12H,4-5,11H2,1-3H3/t7?,8-,9-,10-/m0/s1. The van der Waals surface area contributed by atoms with Crippen molar-refractivity contribution >= 4 is 0 Å². The van der Waals surface area contributed by atoms with Crippen molar-refractivity contribution in [3.63, 3.8) is 0 Å². The van der Waals surface area contributed by atoms with E-state index in [4.69, 9.17) is 5.73 Å². The first kappa shape index (κ1) is 10.0. The van der Waals surface area contributed by atoms with Crippen molar-refractivity contribution in [2.75, 3.05) is 0 Å². The minimum Gasteiger partial charge on any atom is -0.391 e. The Bertz CT molecular complexity index is 135. The Morgan fingerprint density at radius 2 is 1.92 bits per heavy atom. The summed E-state index contributed by atoms with van der Waals surface area (Å²) in [6.07, 6.45) is 1.84. The lowest BCUT2D eigenvalue weighted by Crippen LogP contribution is -2.46. The Kier molecular flexibility index (Phi) is 3.13. The van der Waals surface area contributed by atoms with E-state index < -0.39 is 0 Å². The van der Waals surface area contributed by atoms with E-state index in [-0.39, 0.29) is 12.1 Å². The quantitative estimate of drug-likeness (QED) is 0.626. The molecule has 0 aromatic rings. The molecule has 3 N–H and O–H groups in total. The second kappa shape index (κ2) is 3.75. The number of rotatable bonds is 1. The van der Waals surface area contributed by atoms with E-state index in [9.17, 15) is 5.11 Å². The number of nitrogens with two attached hydrogens (primary N) is 1. The van der Waals surface area contributed by atoms with Gasteiger partial charge in [-0.3, -0.25) is 0 Å². The van der Waals surface area contributed by atoms with Crippen LogP contribution in [0.25, 0.3) is 0 Å². The maximum absolute atomic E-state index is 9.62. The molecule has 0 bridgehead atoms. The van der Waals surface area contributed by atoms with Crippen LogP contribution < -0.4 is 5.73 Å². The molecule has 0 heterocycles. The normalized spacial score (nSPS) is 43.5. The summed E-state index contributed by atoms with van der Waals surface area (Å²) in [7, 11) is 0. The summed E-state index contributed by atoms with van der Waals surface area (Å²) in [5.74, 6) is 1.78. The van der Waals surface area contributed by atoms with Crippen molar-refractivity contribution in [2.45, 2.75) is 45.8 Å². The molecule has 1 rings (SSSR count). The average molecular weight is 171 g/mol. The first-order chi connectivity index (χ1) is 5.52. The summed E-state index contributed by atoms with van der Waals surface area (Å²) in [6.45, 7) is 6.57. The molecular weight excluding hydrogens is 150 g/mol. The second-order valence-corrected chi connectivity index (χ2v) is 4.61. The lowest BCUT2D eigenvalue weighted by Gasteiger charge is -2.37. The highest BCUT2D eigenvalue weighted by Crippen LogP contribution is 2.32. The fraction of sp³-hybridized carbons (Fsp3) is 1.00. The van der Waals surface area contributed by atoms with Crippen LogP contribution in [0.1, 0.15) is 33.6 Å². The zero-order chi connectivity index (χ0) is 9.30. The van der Waals surface area contributed by atoms with Gasteiger partial charge < -0.3 is 10.8 Å². The number of hydrogen-bond acceptors (Lipinski definition) is 2. The third-order valence-corrected chi connectivity index (χ3v) is 3.21. The highest BCUT2D eigenvalue weighted by atomic mass is 16.3. The van der Waals surface area contributed by atoms with E-state index in [2.05, 4.69) is 20.8 Å². The molecule has 0 amide bonds. The fourth-order valence-corrected chi connectivity index (χ4v) is 2.17. The average Bonchev–Trinajstić information content (AvgIpc) is 1.99. The lowest BCUT2D eigenvalue weighted by molar-refractivity contribution is 0.0281. The van der Waals surface area contributed by atoms with Crippen LogP contribution in [0, 0.1) is 17.8 Å². The monoisotopic (exact) mass is 171 g/mol. The molecule has 1 saturated carbocycles. The molecule has 12 heavy (non-hydrogen) atoms. The molecule has 72 valence electrons. The van der Waals surface area contributed by atoms with Crippen LogP contribution in [-0.4, -0.2) is 17.3 Å². The smallest absolute Gasteiger partial charge is 0.0716 e. The van der Waals surface area contributed by atoms with Gasteiger partial charge in [0.15, 0.2) is 0 Å². The first-order valence-electron chi connectivity index (χ1n) is 4.96. The third kappa shape index (κ3) is 1.99. The molecule has 4 atom stereocenters. The molecule has 1 aliphatic rings. The van der Waals surface area contributed by atoms with Gasteiger partial charge in [-0.05, 0) is 30.6 Å². The fourth-order valence-electron chi connectivity index (χ4n) is 2.17. The van der Waals surface area contributed by atoms with Gasteiger partial charge in [-0.15, -0.1) is 0 Å². The van der Waals surface area contributed by atoms with Crippen molar-refractivity contribution in [1.29, 1.82) is 0 Å². The summed E-state index contributed by atoms with van der Waals surface area (Å²) in [5.41, 5.74) is 5.85. The lowest BCUT2D eigenvalue weighted by atomic mass is 9.73. The van der Waals surface area contributed by atoms with Crippen LogP contribution in [0.3, 0.4) is 0 Å². The molecule has 1 unspecified atom stereocenters. The topological polar surface area (TPSA) is 46.2 Å². The molecular formula is C10H21NO. The minimum atomic E-state index is -0.278. The van der Waals surface area contributed by atoms with Gasteiger partial charge in [-0.1, -0.05) is 20.8 Å². The van der Waals surface area contributed by atoms with Crippen molar-refractivity contribution < 1.29 is 5.11 Å². The van der Waals surface area contributed by atoms with E-state index in [1.54, 1.807) is 0 Å². The molecule has 1 aliphatic carbocycles. The van der Waals surface area contributed by atoms with Crippen LogP contribution in [-0.2, 0) is 0 Å². The minimum absolute atomic E-state index is 0.00106. The highest BCUT2D eigenvalue weighted by Gasteiger charge is 2.33. The van der Waals surface area contributed by atoms with Crippen LogP contribution in [0.5, 0.6) is 0 Å². The van der Waals surface area contributed by atoms with Gasteiger partial charge in [-0.25, -0.2) is 0 Å². The summed E-state index contributed by atoms with van der Waals surface area (Å²) >= 11 is 0. The largest absolute Gasteiger partial charge is 0.391 e. The first-order valence-corrected chi connectivity index (χ1v) is 4.96. The predicted molar refractivity (Wildman–Crippen MR) is 50.7 cm³/mol. The molecule has 0 radical (unpaired) electrons. The van der Waals surface area contributed by atoms with E-state index in [1.807, 2.05) is 0 Å². The second-order valence-electron chi connectivity index (χ2n) is 4.61. The van der Waals surface area contributed by atoms with E-state index in [0.29, 0.717) is 17.8 Å². The Morgan fingerprint density at radius 1 is 1.33 bits per heavy atom. The predicted octanol–water partition coefficient (Wildman–Crippen LogP) is 1.38. The van der Waals surface area contributed by atoms with Gasteiger partial charge in [0, 0.05) is 6.04 Å². The number of hydrogen-bond donors (Lipinski definition) is 2. The van der Waals surface area contributed by atoms with Gasteiger partial charge >= 0.3 is 0 Å². The molecule has 2 nitrogen and oxygen atoms in total. The van der Waals surface area contributed by atoms with Crippen LogP contribution >= 0.6 is 0 Å². The molecule has 0 spiro atoms. The summed E-state index contributed by atoms with van der Waals surface area (Å²) in [6, 6.07) is 0.00106. The van der Waals surface area contributed by atoms with Crippen LogP contribution in [0.15, 0.2) is 0 Å². The van der Waals surface area contributed by atoms with E-state index >= 15 is 0 Å². The Labute approximate surface area is 75.2 Å². The van der Waals surface area contributed by atoms with E-state index in [1.165, 1.54) is 0 Å². The third-order valence-electron chi connectivity index (χ3n) is 3.21. The number of aliphatic hydroxyl groups excluding tert-OH is 1. The van der Waals surface area contributed by atoms with Crippen LogP contribution in [0.2, 0.25) is 0 Å². The molecule has 2 heteroatoms. The summed E-state index contributed by atoms with van der Waals surface area (Å²) in [4.78, 5) is 0. The maximum Gasteiger partial charge on any atom is 0.0716 e. The molecule has 0 aromatic heterocycles.